The van der Waals surface area contributed by atoms with E-state index in [-0.39, 0.29) is 23.2 Å². The van der Waals surface area contributed by atoms with E-state index in [9.17, 15) is 9.59 Å². The van der Waals surface area contributed by atoms with Crippen molar-refractivity contribution in [2.24, 2.45) is 5.92 Å². The van der Waals surface area contributed by atoms with Crippen molar-refractivity contribution in [1.29, 1.82) is 0 Å². The van der Waals surface area contributed by atoms with E-state index in [1.54, 1.807) is 0 Å². The molecule has 1 aromatic heterocycles. The van der Waals surface area contributed by atoms with Gasteiger partial charge in [-0.2, -0.15) is 0 Å². The Balaban J connectivity index is 2.05. The summed E-state index contributed by atoms with van der Waals surface area (Å²) in [7, 11) is 0. The highest BCUT2D eigenvalue weighted by Gasteiger charge is 2.23. The Morgan fingerprint density at radius 2 is 2.35 bits per heavy atom. The summed E-state index contributed by atoms with van der Waals surface area (Å²) in [5.74, 6) is -1.16. The van der Waals surface area contributed by atoms with E-state index < -0.39 is 5.97 Å². The van der Waals surface area contributed by atoms with Crippen molar-refractivity contribution in [2.45, 2.75) is 6.42 Å². The fourth-order valence-corrected chi connectivity index (χ4v) is 1.60. The number of ether oxygens (including phenoxy) is 1. The van der Waals surface area contributed by atoms with Crippen molar-refractivity contribution in [3.05, 3.63) is 23.9 Å². The summed E-state index contributed by atoms with van der Waals surface area (Å²) in [4.78, 5) is 26.3. The third kappa shape index (κ3) is 2.79. The maximum atomic E-state index is 11.7. The Morgan fingerprint density at radius 3 is 3.00 bits per heavy atom. The molecular weight excluding hydrogens is 224 g/mol. The molecule has 0 aromatic carbocycles. The molecule has 1 aliphatic rings. The first-order valence-electron chi connectivity index (χ1n) is 5.25. The van der Waals surface area contributed by atoms with Crippen molar-refractivity contribution in [3.8, 4) is 0 Å². The predicted molar refractivity (Wildman–Crippen MR) is 58.8 cm³/mol. The molecule has 1 aromatic rings. The van der Waals surface area contributed by atoms with Gasteiger partial charge in [-0.15, -0.1) is 0 Å². The maximum Gasteiger partial charge on any atom is 0.335 e. The lowest BCUT2D eigenvalue weighted by Gasteiger charge is -2.08. The molecule has 1 fully saturated rings. The molecule has 6 nitrogen and oxygen atoms in total. The second kappa shape index (κ2) is 4.92. The number of rotatable bonds is 3. The number of hydrogen-bond acceptors (Lipinski definition) is 4. The number of aromatic nitrogens is 1. The summed E-state index contributed by atoms with van der Waals surface area (Å²) < 4.78 is 5.10. The number of hydrogen-bond donors (Lipinski definition) is 2. The average Bonchev–Trinajstić information content (AvgIpc) is 2.82. The predicted octanol–water partition coefficient (Wildman–Crippen LogP) is 0.755. The minimum absolute atomic E-state index is 0.0953. The van der Waals surface area contributed by atoms with Crippen LogP contribution in [0.3, 0.4) is 0 Å². The topological polar surface area (TPSA) is 88.5 Å². The highest BCUT2D eigenvalue weighted by Crippen LogP contribution is 2.15. The highest BCUT2D eigenvalue weighted by atomic mass is 16.5. The fourth-order valence-electron chi connectivity index (χ4n) is 1.60. The van der Waals surface area contributed by atoms with Crippen LogP contribution >= 0.6 is 0 Å². The number of aromatic carboxylic acids is 1. The number of anilines is 1. The number of amides is 1. The molecule has 1 unspecified atom stereocenters. The molecule has 1 saturated heterocycles. The van der Waals surface area contributed by atoms with Crippen LogP contribution in [0.25, 0.3) is 0 Å². The van der Waals surface area contributed by atoms with E-state index in [1.165, 1.54) is 18.3 Å². The van der Waals surface area contributed by atoms with Gasteiger partial charge >= 0.3 is 5.97 Å². The van der Waals surface area contributed by atoms with Gasteiger partial charge in [-0.3, -0.25) is 4.79 Å². The number of pyridine rings is 1. The van der Waals surface area contributed by atoms with E-state index >= 15 is 0 Å². The maximum absolute atomic E-state index is 11.7. The van der Waals surface area contributed by atoms with E-state index in [0.717, 1.165) is 0 Å². The fraction of sp³-hybridized carbons (Fsp3) is 0.364. The van der Waals surface area contributed by atoms with Crippen LogP contribution in [0.4, 0.5) is 5.82 Å². The number of carboxylic acids is 1. The van der Waals surface area contributed by atoms with Crippen molar-refractivity contribution < 1.29 is 19.4 Å². The number of nitrogens with one attached hydrogen (secondary N) is 1. The van der Waals surface area contributed by atoms with Crippen LogP contribution in [-0.2, 0) is 9.53 Å². The summed E-state index contributed by atoms with van der Waals surface area (Å²) in [5, 5.41) is 11.4. The first-order chi connectivity index (χ1) is 8.16. The van der Waals surface area contributed by atoms with E-state index in [4.69, 9.17) is 9.84 Å². The lowest BCUT2D eigenvalue weighted by atomic mass is 10.1. The van der Waals surface area contributed by atoms with Gasteiger partial charge in [-0.05, 0) is 18.6 Å². The van der Waals surface area contributed by atoms with Gasteiger partial charge in [0.05, 0.1) is 18.1 Å². The molecule has 90 valence electrons. The number of carbonyl (C=O) groups is 2. The summed E-state index contributed by atoms with van der Waals surface area (Å²) >= 11 is 0. The standard InChI is InChI=1S/C11H12N2O4/c14-10(8-2-4-17-6-8)13-9-5-7(11(15)16)1-3-12-9/h1,3,5,8H,2,4,6H2,(H,15,16)(H,12,13,14). The Labute approximate surface area is 97.6 Å². The third-order valence-corrected chi connectivity index (χ3v) is 2.56. The second-order valence-corrected chi connectivity index (χ2v) is 3.78. The molecular formula is C11H12N2O4. The Hall–Kier alpha value is -1.95. The van der Waals surface area contributed by atoms with Gasteiger partial charge in [0.2, 0.25) is 5.91 Å². The number of nitrogens with zero attached hydrogens (tertiary/aromatic N) is 1. The molecule has 0 saturated carbocycles. The van der Waals surface area contributed by atoms with Gasteiger partial charge in [-0.1, -0.05) is 0 Å². The normalized spacial score (nSPS) is 18.9. The smallest absolute Gasteiger partial charge is 0.335 e. The van der Waals surface area contributed by atoms with Gasteiger partial charge in [0.1, 0.15) is 5.82 Å². The van der Waals surface area contributed by atoms with Gasteiger partial charge in [0.15, 0.2) is 0 Å². The van der Waals surface area contributed by atoms with Crippen LogP contribution < -0.4 is 5.32 Å². The molecule has 17 heavy (non-hydrogen) atoms. The van der Waals surface area contributed by atoms with Gasteiger partial charge < -0.3 is 15.2 Å². The number of carboxylic acid groups (broad SMARTS) is 1. The molecule has 2 rings (SSSR count). The van der Waals surface area contributed by atoms with E-state index in [0.29, 0.717) is 19.6 Å². The average molecular weight is 236 g/mol. The molecule has 1 aliphatic heterocycles. The Bertz CT molecular complexity index is 441. The first-order valence-corrected chi connectivity index (χ1v) is 5.25. The minimum Gasteiger partial charge on any atom is -0.478 e. The molecule has 2 heterocycles. The van der Waals surface area contributed by atoms with Crippen LogP contribution in [0, 0.1) is 5.92 Å². The Kier molecular flexibility index (Phi) is 3.34. The molecule has 1 amide bonds. The van der Waals surface area contributed by atoms with Gasteiger partial charge in [0, 0.05) is 12.8 Å². The SMILES string of the molecule is O=C(O)c1ccnc(NC(=O)C2CCOC2)c1. The quantitative estimate of drug-likeness (QED) is 0.808. The van der Waals surface area contributed by atoms with Crippen molar-refractivity contribution in [2.75, 3.05) is 18.5 Å². The molecule has 0 bridgehead atoms. The third-order valence-electron chi connectivity index (χ3n) is 2.56. The monoisotopic (exact) mass is 236 g/mol. The highest BCUT2D eigenvalue weighted by molar-refractivity contribution is 5.94. The lowest BCUT2D eigenvalue weighted by Crippen LogP contribution is -2.23. The molecule has 0 aliphatic carbocycles. The van der Waals surface area contributed by atoms with E-state index in [2.05, 4.69) is 10.3 Å². The molecule has 0 spiro atoms. The van der Waals surface area contributed by atoms with Crippen LogP contribution in [0.15, 0.2) is 18.3 Å². The van der Waals surface area contributed by atoms with Crippen molar-refractivity contribution in [1.82, 2.24) is 4.98 Å². The number of carbonyl (C=O) groups excluding carboxylic acids is 1. The summed E-state index contributed by atoms with van der Waals surface area (Å²) in [6.07, 6.45) is 2.04. The van der Waals surface area contributed by atoms with E-state index in [1.807, 2.05) is 0 Å². The lowest BCUT2D eigenvalue weighted by molar-refractivity contribution is -0.119. The Morgan fingerprint density at radius 1 is 1.53 bits per heavy atom. The van der Waals surface area contributed by atoms with Crippen molar-refractivity contribution >= 4 is 17.7 Å². The van der Waals surface area contributed by atoms with Crippen LogP contribution in [-0.4, -0.2) is 35.2 Å². The molecule has 0 radical (unpaired) electrons. The van der Waals surface area contributed by atoms with Gasteiger partial charge in [0.25, 0.3) is 0 Å². The van der Waals surface area contributed by atoms with Gasteiger partial charge in [-0.25, -0.2) is 9.78 Å². The first kappa shape index (κ1) is 11.5. The zero-order valence-electron chi connectivity index (χ0n) is 9.05. The molecule has 2 N–H and O–H groups in total. The zero-order valence-corrected chi connectivity index (χ0v) is 9.05. The van der Waals surface area contributed by atoms with Crippen molar-refractivity contribution in [3.63, 3.8) is 0 Å². The summed E-state index contributed by atoms with van der Waals surface area (Å²) in [6.45, 7) is 0.991. The van der Waals surface area contributed by atoms with Crippen LogP contribution in [0.2, 0.25) is 0 Å². The summed E-state index contributed by atoms with van der Waals surface area (Å²) in [6, 6.07) is 2.70. The zero-order chi connectivity index (χ0) is 12.3. The molecule has 6 heteroatoms. The summed E-state index contributed by atoms with van der Waals surface area (Å²) in [5.41, 5.74) is 0.0953. The largest absolute Gasteiger partial charge is 0.478 e. The second-order valence-electron chi connectivity index (χ2n) is 3.78. The van der Waals surface area contributed by atoms with Crippen LogP contribution in [0.1, 0.15) is 16.8 Å². The molecule has 1 atom stereocenters. The minimum atomic E-state index is -1.05. The van der Waals surface area contributed by atoms with Crippen LogP contribution in [0.5, 0.6) is 0 Å².